The Balaban J connectivity index is 3.01. The molecule has 0 aliphatic carbocycles. The van der Waals surface area contributed by atoms with Crippen LogP contribution in [-0.4, -0.2) is 25.3 Å². The molecule has 1 aromatic carbocycles. The fourth-order valence-corrected chi connectivity index (χ4v) is 3.83. The van der Waals surface area contributed by atoms with E-state index in [2.05, 4.69) is 7.70 Å². The molecule has 0 aliphatic heterocycles. The standard InChI is InChI=1S/C8H9AsClNO5/c1-6(12)11-15-9(13,16-14)7-4-2-3-5-8(7)10/h2-5,14H,1H3,(H,11,12). The summed E-state index contributed by atoms with van der Waals surface area (Å²) in [5.74, 6) is -0.578. The molecular formula is C8H9AsClNO5. The summed E-state index contributed by atoms with van der Waals surface area (Å²) in [6.45, 7) is 1.16. The van der Waals surface area contributed by atoms with Gasteiger partial charge in [-0.15, -0.1) is 0 Å². The normalized spacial score (nSPS) is 14.2. The third-order valence-electron chi connectivity index (χ3n) is 1.56. The van der Waals surface area contributed by atoms with Crippen molar-refractivity contribution in [3.8, 4) is 0 Å². The number of nitrogens with one attached hydrogen (secondary N) is 1. The molecule has 1 atom stereocenters. The molecule has 8 heteroatoms. The molecule has 16 heavy (non-hydrogen) atoms. The summed E-state index contributed by atoms with van der Waals surface area (Å²) in [4.78, 5) is 10.6. The van der Waals surface area contributed by atoms with Crippen LogP contribution in [0, 0.1) is 0 Å². The number of benzene rings is 1. The molecule has 2 N–H and O–H groups in total. The van der Waals surface area contributed by atoms with Crippen LogP contribution in [0.5, 0.6) is 0 Å². The summed E-state index contributed by atoms with van der Waals surface area (Å²) in [7, 11) is 0. The number of carbonyl (C=O) groups is 1. The molecule has 0 spiro atoms. The molecule has 0 aliphatic rings. The van der Waals surface area contributed by atoms with E-state index in [4.69, 9.17) is 16.9 Å². The number of amides is 1. The van der Waals surface area contributed by atoms with Crippen molar-refractivity contribution in [2.75, 3.05) is 0 Å². The van der Waals surface area contributed by atoms with Gasteiger partial charge >= 0.3 is 99.2 Å². The number of hydrogen-bond acceptors (Lipinski definition) is 5. The molecule has 88 valence electrons. The van der Waals surface area contributed by atoms with Crippen molar-refractivity contribution in [3.05, 3.63) is 29.3 Å². The van der Waals surface area contributed by atoms with E-state index in [0.717, 1.165) is 6.92 Å². The first kappa shape index (κ1) is 13.3. The summed E-state index contributed by atoms with van der Waals surface area (Å²) >= 11 is 1.03. The Kier molecular flexibility index (Phi) is 4.58. The Bertz CT molecular complexity index is 438. The van der Waals surface area contributed by atoms with Gasteiger partial charge in [0.05, 0.1) is 0 Å². The van der Waals surface area contributed by atoms with E-state index in [0.29, 0.717) is 0 Å². The Labute approximate surface area is 99.4 Å². The van der Waals surface area contributed by atoms with E-state index >= 15 is 0 Å². The van der Waals surface area contributed by atoms with Crippen LogP contribution in [0.1, 0.15) is 6.92 Å². The van der Waals surface area contributed by atoms with Gasteiger partial charge in [0.25, 0.3) is 0 Å². The molecule has 6 nitrogen and oxygen atoms in total. The van der Waals surface area contributed by atoms with Crippen molar-refractivity contribution in [3.63, 3.8) is 0 Å². The van der Waals surface area contributed by atoms with Gasteiger partial charge in [-0.3, -0.25) is 0 Å². The van der Waals surface area contributed by atoms with Crippen LogP contribution in [0.4, 0.5) is 0 Å². The van der Waals surface area contributed by atoms with Gasteiger partial charge in [0, 0.05) is 0 Å². The van der Waals surface area contributed by atoms with Crippen LogP contribution in [-0.2, 0) is 16.2 Å². The third-order valence-corrected chi connectivity index (χ3v) is 5.38. The Hall–Kier alpha value is -0.782. The second-order valence-corrected chi connectivity index (χ2v) is 7.01. The van der Waals surface area contributed by atoms with E-state index in [1.165, 1.54) is 12.1 Å². The van der Waals surface area contributed by atoms with Gasteiger partial charge in [0.15, 0.2) is 0 Å². The molecule has 1 aromatic rings. The van der Waals surface area contributed by atoms with Crippen LogP contribution in [0.25, 0.3) is 0 Å². The molecule has 0 radical (unpaired) electrons. The average Bonchev–Trinajstić information content (AvgIpc) is 2.26. The van der Waals surface area contributed by atoms with Crippen LogP contribution in [0.3, 0.4) is 0 Å². The van der Waals surface area contributed by atoms with Crippen LogP contribution >= 0.6 is 11.6 Å². The van der Waals surface area contributed by atoms with Gasteiger partial charge < -0.3 is 0 Å². The second-order valence-electron chi connectivity index (χ2n) is 2.78. The maximum atomic E-state index is 12.0. The van der Waals surface area contributed by atoms with Gasteiger partial charge in [-0.05, 0) is 0 Å². The van der Waals surface area contributed by atoms with Crippen molar-refractivity contribution in [1.29, 1.82) is 0 Å². The van der Waals surface area contributed by atoms with Crippen molar-refractivity contribution in [2.24, 2.45) is 0 Å². The van der Waals surface area contributed by atoms with Crippen LogP contribution in [0.15, 0.2) is 24.3 Å². The predicted octanol–water partition coefficient (Wildman–Crippen LogP) is 0.474. The predicted molar refractivity (Wildman–Crippen MR) is 56.1 cm³/mol. The molecule has 1 rings (SSSR count). The Morgan fingerprint density at radius 1 is 1.50 bits per heavy atom. The van der Waals surface area contributed by atoms with Crippen molar-refractivity contribution < 1.29 is 21.5 Å². The van der Waals surface area contributed by atoms with Crippen molar-refractivity contribution in [2.45, 2.75) is 6.92 Å². The monoisotopic (exact) mass is 309 g/mol. The maximum absolute atomic E-state index is 12.0. The Morgan fingerprint density at radius 3 is 2.62 bits per heavy atom. The van der Waals surface area contributed by atoms with Gasteiger partial charge in [-0.1, -0.05) is 0 Å². The van der Waals surface area contributed by atoms with E-state index in [1.54, 1.807) is 12.1 Å². The van der Waals surface area contributed by atoms with Gasteiger partial charge in [-0.2, -0.15) is 0 Å². The summed E-state index contributed by atoms with van der Waals surface area (Å²) in [5, 5.41) is 8.72. The van der Waals surface area contributed by atoms with Crippen LogP contribution in [0.2, 0.25) is 5.02 Å². The molecule has 0 heterocycles. The SMILES string of the molecule is CC(=O)NO[As](=O)(OO)c1ccccc1Cl. The van der Waals surface area contributed by atoms with Gasteiger partial charge in [-0.25, -0.2) is 0 Å². The number of halogens is 1. The summed E-state index contributed by atoms with van der Waals surface area (Å²) in [6.07, 6.45) is 0. The minimum atomic E-state index is -4.74. The molecule has 1 unspecified atom stereocenters. The third kappa shape index (κ3) is 3.10. The molecule has 0 bridgehead atoms. The van der Waals surface area contributed by atoms with Crippen molar-refractivity contribution >= 4 is 36.0 Å². The first-order valence-electron chi connectivity index (χ1n) is 4.13. The van der Waals surface area contributed by atoms with Gasteiger partial charge in [0.2, 0.25) is 0 Å². The molecule has 0 fully saturated rings. The topological polar surface area (TPSA) is 84.9 Å². The van der Waals surface area contributed by atoms with E-state index < -0.39 is 20.1 Å². The number of hydroxylamine groups is 1. The number of rotatable bonds is 4. The minimum absolute atomic E-state index is 0.0125. The van der Waals surface area contributed by atoms with Gasteiger partial charge in [0.1, 0.15) is 0 Å². The summed E-state index contributed by atoms with van der Waals surface area (Å²) in [6, 6.07) is 5.99. The zero-order valence-corrected chi connectivity index (χ0v) is 10.8. The Morgan fingerprint density at radius 2 is 2.12 bits per heavy atom. The zero-order chi connectivity index (χ0) is 12.2. The molecule has 0 saturated carbocycles. The second kappa shape index (κ2) is 5.52. The fourth-order valence-electron chi connectivity index (χ4n) is 0.908. The average molecular weight is 310 g/mol. The molecule has 0 aromatic heterocycles. The fraction of sp³-hybridized carbons (Fsp3) is 0.125. The first-order valence-corrected chi connectivity index (χ1v) is 7.74. The summed E-state index contributed by atoms with van der Waals surface area (Å²) in [5.41, 5.74) is 1.84. The molecular weight excluding hydrogens is 300 g/mol. The zero-order valence-electron chi connectivity index (χ0n) is 8.21. The van der Waals surface area contributed by atoms with Crippen molar-refractivity contribution in [1.82, 2.24) is 5.48 Å². The van der Waals surface area contributed by atoms with E-state index in [1.807, 2.05) is 5.48 Å². The number of hydrogen-bond donors (Lipinski definition) is 2. The molecule has 1 amide bonds. The summed E-state index contributed by atoms with van der Waals surface area (Å²) < 4.78 is 20.4. The van der Waals surface area contributed by atoms with E-state index in [9.17, 15) is 8.53 Å². The van der Waals surface area contributed by atoms with E-state index in [-0.39, 0.29) is 9.37 Å². The quantitative estimate of drug-likeness (QED) is 0.480. The first-order chi connectivity index (χ1) is 7.49. The number of carbonyl (C=O) groups excluding carboxylic acids is 1. The van der Waals surface area contributed by atoms with Crippen LogP contribution < -0.4 is 9.83 Å². The molecule has 0 saturated heterocycles.